The van der Waals surface area contributed by atoms with Crippen LogP contribution < -0.4 is 5.32 Å². The van der Waals surface area contributed by atoms with Gasteiger partial charge < -0.3 is 10.1 Å². The maximum absolute atomic E-state index is 13.1. The lowest BCUT2D eigenvalue weighted by atomic mass is 10.1. The van der Waals surface area contributed by atoms with Crippen molar-refractivity contribution in [2.75, 3.05) is 18.2 Å². The number of esters is 1. The minimum atomic E-state index is -0.582. The van der Waals surface area contributed by atoms with E-state index < -0.39 is 24.3 Å². The molecule has 0 aliphatic heterocycles. The highest BCUT2D eigenvalue weighted by molar-refractivity contribution is 7.98. The van der Waals surface area contributed by atoms with Crippen LogP contribution in [0.4, 0.5) is 10.1 Å². The number of halogens is 2. The minimum absolute atomic E-state index is 0.106. The number of benzene rings is 1. The van der Waals surface area contributed by atoms with Gasteiger partial charge in [-0.1, -0.05) is 23.4 Å². The van der Waals surface area contributed by atoms with E-state index in [0.717, 1.165) is 23.0 Å². The van der Waals surface area contributed by atoms with Crippen LogP contribution in [-0.4, -0.2) is 34.7 Å². The number of nitrogens with zero attached hydrogens (tertiary/aromatic N) is 2. The normalized spacial score (nSPS) is 10.6. The Morgan fingerprint density at radius 1 is 1.26 bits per heavy atom. The molecule has 144 valence electrons. The summed E-state index contributed by atoms with van der Waals surface area (Å²) in [5, 5.41) is 3.06. The third-order valence-corrected chi connectivity index (χ3v) is 4.57. The molecule has 1 amide bonds. The summed E-state index contributed by atoms with van der Waals surface area (Å²) in [5.74, 6) is -1.62. The van der Waals surface area contributed by atoms with E-state index >= 15 is 0 Å². The molecule has 1 aromatic carbocycles. The zero-order chi connectivity index (χ0) is 20.0. The molecule has 0 spiro atoms. The van der Waals surface area contributed by atoms with Crippen LogP contribution in [0.5, 0.6) is 0 Å². The van der Waals surface area contributed by atoms with Gasteiger partial charge in [0.25, 0.3) is 5.91 Å². The molecule has 0 aliphatic carbocycles. The molecule has 0 unspecified atom stereocenters. The molecular formula is C18H19ClFN3O3S. The number of aryl methyl sites for hydroxylation is 2. The van der Waals surface area contributed by atoms with Crippen LogP contribution in [-0.2, 0) is 20.7 Å². The third-order valence-electron chi connectivity index (χ3n) is 3.73. The molecular weight excluding hydrogens is 393 g/mol. The summed E-state index contributed by atoms with van der Waals surface area (Å²) in [6.45, 7) is 3.31. The van der Waals surface area contributed by atoms with Crippen molar-refractivity contribution in [1.29, 1.82) is 0 Å². The summed E-state index contributed by atoms with van der Waals surface area (Å²) in [7, 11) is 0. The summed E-state index contributed by atoms with van der Waals surface area (Å²) in [5.41, 5.74) is 2.87. The number of thioether (sulfide) groups is 1. The predicted octanol–water partition coefficient (Wildman–Crippen LogP) is 3.72. The molecule has 0 radical (unpaired) electrons. The number of rotatable bonds is 7. The molecule has 0 atom stereocenters. The van der Waals surface area contributed by atoms with Crippen LogP contribution in [0, 0.1) is 19.7 Å². The Morgan fingerprint density at radius 2 is 1.93 bits per heavy atom. The topological polar surface area (TPSA) is 81.2 Å². The van der Waals surface area contributed by atoms with Crippen LogP contribution >= 0.6 is 23.4 Å². The van der Waals surface area contributed by atoms with Gasteiger partial charge in [0.1, 0.15) is 5.82 Å². The Hall–Kier alpha value is -2.19. The molecule has 0 saturated carbocycles. The lowest BCUT2D eigenvalue weighted by molar-refractivity contribution is -0.147. The summed E-state index contributed by atoms with van der Waals surface area (Å²) in [6, 6.07) is 3.78. The number of nitrogens with one attached hydrogen (secondary N) is 1. The molecule has 27 heavy (non-hydrogen) atoms. The summed E-state index contributed by atoms with van der Waals surface area (Å²) in [6.07, 6.45) is 2.44. The second kappa shape index (κ2) is 9.66. The fourth-order valence-corrected chi connectivity index (χ4v) is 3.01. The lowest BCUT2D eigenvalue weighted by Gasteiger charge is -2.10. The summed E-state index contributed by atoms with van der Waals surface area (Å²) >= 11 is 7.10. The fourth-order valence-electron chi connectivity index (χ4n) is 2.38. The van der Waals surface area contributed by atoms with E-state index in [1.54, 1.807) is 0 Å². The average Bonchev–Trinajstić information content (AvgIpc) is 2.62. The van der Waals surface area contributed by atoms with Gasteiger partial charge in [-0.3, -0.25) is 9.59 Å². The maximum Gasteiger partial charge on any atom is 0.306 e. The Bertz CT molecular complexity index is 841. The maximum atomic E-state index is 13.1. The number of carbonyl (C=O) groups excluding carboxylic acids is 2. The van der Waals surface area contributed by atoms with Crippen molar-refractivity contribution in [2.45, 2.75) is 31.8 Å². The summed E-state index contributed by atoms with van der Waals surface area (Å²) < 4.78 is 18.1. The van der Waals surface area contributed by atoms with E-state index in [-0.39, 0.29) is 11.4 Å². The van der Waals surface area contributed by atoms with Gasteiger partial charge in [-0.15, -0.1) is 0 Å². The van der Waals surface area contributed by atoms with Gasteiger partial charge in [-0.2, -0.15) is 0 Å². The van der Waals surface area contributed by atoms with Gasteiger partial charge in [0.2, 0.25) is 0 Å². The predicted molar refractivity (Wildman–Crippen MR) is 103 cm³/mol. The van der Waals surface area contributed by atoms with E-state index in [4.69, 9.17) is 16.3 Å². The number of anilines is 1. The molecule has 6 nitrogen and oxygen atoms in total. The minimum Gasteiger partial charge on any atom is -0.456 e. The second-order valence-electron chi connectivity index (χ2n) is 5.70. The molecule has 0 bridgehead atoms. The third kappa shape index (κ3) is 6.18. The van der Waals surface area contributed by atoms with Gasteiger partial charge >= 0.3 is 5.97 Å². The Labute approximate surface area is 165 Å². The van der Waals surface area contributed by atoms with Crippen molar-refractivity contribution in [3.63, 3.8) is 0 Å². The quantitative estimate of drug-likeness (QED) is 0.425. The van der Waals surface area contributed by atoms with Crippen molar-refractivity contribution in [3.8, 4) is 0 Å². The van der Waals surface area contributed by atoms with E-state index in [2.05, 4.69) is 15.3 Å². The van der Waals surface area contributed by atoms with E-state index in [1.165, 1.54) is 23.9 Å². The van der Waals surface area contributed by atoms with E-state index in [9.17, 15) is 14.0 Å². The monoisotopic (exact) mass is 411 g/mol. The van der Waals surface area contributed by atoms with Gasteiger partial charge in [0, 0.05) is 23.5 Å². The number of aromatic nitrogens is 2. The molecule has 0 fully saturated rings. The molecule has 1 aromatic heterocycles. The zero-order valence-corrected chi connectivity index (χ0v) is 16.7. The van der Waals surface area contributed by atoms with Crippen LogP contribution in [0.1, 0.15) is 23.4 Å². The highest BCUT2D eigenvalue weighted by Crippen LogP contribution is 2.19. The van der Waals surface area contributed by atoms with Crippen molar-refractivity contribution in [1.82, 2.24) is 9.97 Å². The molecule has 0 aliphatic rings. The average molecular weight is 412 g/mol. The van der Waals surface area contributed by atoms with Gasteiger partial charge in [0.15, 0.2) is 11.8 Å². The number of ether oxygens (including phenoxy) is 1. The molecule has 1 N–H and O–H groups in total. The van der Waals surface area contributed by atoms with Crippen LogP contribution in [0.2, 0.25) is 5.02 Å². The smallest absolute Gasteiger partial charge is 0.306 e. The Morgan fingerprint density at radius 3 is 2.52 bits per heavy atom. The van der Waals surface area contributed by atoms with Crippen LogP contribution in [0.25, 0.3) is 0 Å². The van der Waals surface area contributed by atoms with E-state index in [0.29, 0.717) is 17.3 Å². The van der Waals surface area contributed by atoms with Gasteiger partial charge in [-0.05, 0) is 50.3 Å². The largest absolute Gasteiger partial charge is 0.456 e. The number of hydrogen-bond donors (Lipinski definition) is 1. The van der Waals surface area contributed by atoms with Crippen LogP contribution in [0.15, 0.2) is 23.4 Å². The highest BCUT2D eigenvalue weighted by atomic mass is 35.5. The molecule has 0 saturated heterocycles. The first-order valence-corrected chi connectivity index (χ1v) is 9.69. The van der Waals surface area contributed by atoms with Crippen molar-refractivity contribution >= 4 is 40.9 Å². The zero-order valence-electron chi connectivity index (χ0n) is 15.1. The molecule has 2 aromatic rings. The molecule has 2 rings (SSSR count). The van der Waals surface area contributed by atoms with Crippen molar-refractivity contribution < 1.29 is 18.7 Å². The highest BCUT2D eigenvalue weighted by Gasteiger charge is 2.13. The number of carbonyl (C=O) groups is 2. The van der Waals surface area contributed by atoms with Crippen molar-refractivity contribution in [2.24, 2.45) is 0 Å². The molecule has 1 heterocycles. The number of amides is 1. The van der Waals surface area contributed by atoms with E-state index in [1.807, 2.05) is 20.1 Å². The number of hydrogen-bond acceptors (Lipinski definition) is 6. The SMILES string of the molecule is CSc1nc(C)c(CCC(=O)OCC(=O)Nc2ccc(F)c(Cl)c2)c(C)n1. The lowest BCUT2D eigenvalue weighted by Crippen LogP contribution is -2.21. The van der Waals surface area contributed by atoms with Gasteiger partial charge in [0.05, 0.1) is 5.02 Å². The van der Waals surface area contributed by atoms with Gasteiger partial charge in [-0.25, -0.2) is 14.4 Å². The van der Waals surface area contributed by atoms with Crippen LogP contribution in [0.3, 0.4) is 0 Å². The first-order valence-electron chi connectivity index (χ1n) is 8.08. The Balaban J connectivity index is 1.82. The standard InChI is InChI=1S/C18H19ClFN3O3S/c1-10-13(11(2)22-18(21-10)27-3)5-7-17(25)26-9-16(24)23-12-4-6-15(20)14(19)8-12/h4,6,8H,5,7,9H2,1-3H3,(H,23,24). The first kappa shape index (κ1) is 21.1. The Kier molecular flexibility index (Phi) is 7.55. The first-order chi connectivity index (χ1) is 12.8. The molecule has 9 heteroatoms. The fraction of sp³-hybridized carbons (Fsp3) is 0.333. The second-order valence-corrected chi connectivity index (χ2v) is 6.88. The van der Waals surface area contributed by atoms with Crippen molar-refractivity contribution in [3.05, 3.63) is 46.0 Å². The summed E-state index contributed by atoms with van der Waals surface area (Å²) in [4.78, 5) is 32.4.